The van der Waals surface area contributed by atoms with Crippen molar-refractivity contribution in [1.82, 2.24) is 0 Å². The average Bonchev–Trinajstić information content (AvgIpc) is 2.89. The molecule has 0 saturated heterocycles. The number of halogens is 4. The lowest BCUT2D eigenvalue weighted by molar-refractivity contribution is 0.283. The molecule has 2 fully saturated rings. The minimum Gasteiger partial charge on any atom is -0.490 e. The predicted molar refractivity (Wildman–Crippen MR) is 137 cm³/mol. The van der Waals surface area contributed by atoms with E-state index in [9.17, 15) is 17.6 Å². The van der Waals surface area contributed by atoms with E-state index in [1.165, 1.54) is 0 Å². The zero-order valence-electron chi connectivity index (χ0n) is 21.7. The normalized spacial score (nSPS) is 24.6. The fourth-order valence-electron chi connectivity index (χ4n) is 6.11. The number of benzene rings is 2. The molecule has 0 heterocycles. The third-order valence-electron chi connectivity index (χ3n) is 8.59. The van der Waals surface area contributed by atoms with Crippen LogP contribution >= 0.6 is 0 Å². The molecule has 4 rings (SSSR count). The Labute approximate surface area is 213 Å². The summed E-state index contributed by atoms with van der Waals surface area (Å²) in [4.78, 5) is 0. The maximum atomic E-state index is 14.9. The Morgan fingerprint density at radius 2 is 1.31 bits per heavy atom. The van der Waals surface area contributed by atoms with Gasteiger partial charge in [-0.2, -0.15) is 4.39 Å². The van der Waals surface area contributed by atoms with Crippen LogP contribution in [0.4, 0.5) is 17.6 Å². The van der Waals surface area contributed by atoms with E-state index in [0.717, 1.165) is 70.6 Å². The van der Waals surface area contributed by atoms with Gasteiger partial charge in [0.2, 0.25) is 5.82 Å². The van der Waals surface area contributed by atoms with Gasteiger partial charge in [-0.25, -0.2) is 13.2 Å². The van der Waals surface area contributed by atoms with E-state index in [4.69, 9.17) is 4.74 Å². The van der Waals surface area contributed by atoms with Crippen LogP contribution in [0.1, 0.15) is 113 Å². The second kappa shape index (κ2) is 12.5. The summed E-state index contributed by atoms with van der Waals surface area (Å²) in [7, 11) is 0. The Bertz CT molecular complexity index is 1000. The van der Waals surface area contributed by atoms with Gasteiger partial charge in [0, 0.05) is 0 Å². The molecule has 5 heteroatoms. The third-order valence-corrected chi connectivity index (χ3v) is 8.59. The molecule has 2 aromatic rings. The number of unbranched alkanes of at least 4 members (excludes halogenated alkanes) is 1. The lowest BCUT2D eigenvalue weighted by Gasteiger charge is -2.29. The fourth-order valence-corrected chi connectivity index (χ4v) is 6.11. The number of ether oxygens (including phenoxy) is 1. The Balaban J connectivity index is 1.30. The van der Waals surface area contributed by atoms with E-state index < -0.39 is 23.3 Å². The average molecular weight is 505 g/mol. The molecule has 2 saturated carbocycles. The molecule has 0 aliphatic heterocycles. The molecule has 2 aliphatic rings. The number of rotatable bonds is 9. The summed E-state index contributed by atoms with van der Waals surface area (Å²) in [6, 6.07) is 6.79. The van der Waals surface area contributed by atoms with Gasteiger partial charge < -0.3 is 4.74 Å². The molecule has 198 valence electrons. The maximum Gasteiger partial charge on any atom is 0.200 e. The third kappa shape index (κ3) is 6.26. The maximum absolute atomic E-state index is 14.9. The smallest absolute Gasteiger partial charge is 0.200 e. The molecule has 0 unspecified atom stereocenters. The van der Waals surface area contributed by atoms with Crippen molar-refractivity contribution in [2.24, 2.45) is 11.8 Å². The molecular formula is C31H40F4O. The van der Waals surface area contributed by atoms with Gasteiger partial charge in [-0.1, -0.05) is 51.3 Å². The second-order valence-corrected chi connectivity index (χ2v) is 11.1. The zero-order valence-corrected chi connectivity index (χ0v) is 21.7. The van der Waals surface area contributed by atoms with Gasteiger partial charge in [-0.05, 0) is 104 Å². The zero-order chi connectivity index (χ0) is 25.7. The Hall–Kier alpha value is -2.04. The van der Waals surface area contributed by atoms with Gasteiger partial charge in [0.05, 0.1) is 6.61 Å². The van der Waals surface area contributed by atoms with Crippen LogP contribution in [0.5, 0.6) is 5.75 Å². The largest absolute Gasteiger partial charge is 0.490 e. The molecule has 0 atom stereocenters. The lowest BCUT2D eigenvalue weighted by atomic mass is 9.76. The van der Waals surface area contributed by atoms with Gasteiger partial charge in [0.1, 0.15) is 0 Å². The second-order valence-electron chi connectivity index (χ2n) is 11.1. The van der Waals surface area contributed by atoms with E-state index >= 15 is 0 Å². The van der Waals surface area contributed by atoms with E-state index in [1.807, 2.05) is 6.92 Å². The fraction of sp³-hybridized carbons (Fsp3) is 0.613. The SMILES string of the molecule is CCCCOc1ccc(C2CCC(CCc3ccc(C4CCC(C)CC4)c(F)c3F)CC2)c(F)c1F. The van der Waals surface area contributed by atoms with Crippen LogP contribution in [0.25, 0.3) is 0 Å². The highest BCUT2D eigenvalue weighted by Gasteiger charge is 2.28. The van der Waals surface area contributed by atoms with Crippen molar-refractivity contribution in [1.29, 1.82) is 0 Å². The van der Waals surface area contributed by atoms with Crippen molar-refractivity contribution in [2.75, 3.05) is 6.61 Å². The first-order chi connectivity index (χ1) is 17.4. The van der Waals surface area contributed by atoms with Crippen molar-refractivity contribution in [3.8, 4) is 5.75 Å². The van der Waals surface area contributed by atoms with E-state index in [0.29, 0.717) is 41.6 Å². The highest BCUT2D eigenvalue weighted by molar-refractivity contribution is 5.33. The van der Waals surface area contributed by atoms with Crippen LogP contribution in [0, 0.1) is 35.1 Å². The van der Waals surface area contributed by atoms with Gasteiger partial charge in [0.15, 0.2) is 23.2 Å². The summed E-state index contributed by atoms with van der Waals surface area (Å²) in [6.45, 7) is 4.62. The molecule has 2 aliphatic carbocycles. The number of hydrogen-bond donors (Lipinski definition) is 0. The monoisotopic (exact) mass is 504 g/mol. The number of aryl methyl sites for hydroxylation is 1. The first-order valence-corrected chi connectivity index (χ1v) is 14.0. The molecular weight excluding hydrogens is 464 g/mol. The highest BCUT2D eigenvalue weighted by atomic mass is 19.2. The standard InChI is InChI=1S/C31H40F4O/c1-3-4-19-36-27-18-17-26(30(34)31(27)35)23-12-7-21(8-13-23)9-14-24-15-16-25(29(33)28(24)32)22-10-5-20(2)6-11-22/h15-18,20-23H,3-14,19H2,1-2H3. The molecule has 0 spiro atoms. The summed E-state index contributed by atoms with van der Waals surface area (Å²) in [5, 5.41) is 0. The van der Waals surface area contributed by atoms with Crippen molar-refractivity contribution >= 4 is 0 Å². The first kappa shape index (κ1) is 27.0. The van der Waals surface area contributed by atoms with E-state index in [1.54, 1.807) is 24.3 Å². The quantitative estimate of drug-likeness (QED) is 0.244. The highest BCUT2D eigenvalue weighted by Crippen LogP contribution is 2.41. The van der Waals surface area contributed by atoms with Crippen LogP contribution in [-0.4, -0.2) is 6.61 Å². The van der Waals surface area contributed by atoms with Crippen molar-refractivity contribution in [3.05, 3.63) is 64.2 Å². The van der Waals surface area contributed by atoms with Crippen molar-refractivity contribution < 1.29 is 22.3 Å². The summed E-state index contributed by atoms with van der Waals surface area (Å²) >= 11 is 0. The number of hydrogen-bond acceptors (Lipinski definition) is 1. The molecule has 0 bridgehead atoms. The molecule has 2 aromatic carbocycles. The van der Waals surface area contributed by atoms with E-state index in [-0.39, 0.29) is 17.6 Å². The molecule has 0 N–H and O–H groups in total. The molecule has 1 nitrogen and oxygen atoms in total. The van der Waals surface area contributed by atoms with Crippen LogP contribution in [0.15, 0.2) is 24.3 Å². The lowest BCUT2D eigenvalue weighted by Crippen LogP contribution is -2.16. The topological polar surface area (TPSA) is 9.23 Å². The minimum atomic E-state index is -0.894. The summed E-state index contributed by atoms with van der Waals surface area (Å²) in [5.74, 6) is -1.89. The molecule has 0 radical (unpaired) electrons. The summed E-state index contributed by atoms with van der Waals surface area (Å²) in [5.41, 5.74) is 1.42. The summed E-state index contributed by atoms with van der Waals surface area (Å²) in [6.07, 6.45) is 10.3. The Morgan fingerprint density at radius 1 is 0.722 bits per heavy atom. The van der Waals surface area contributed by atoms with Gasteiger partial charge in [0.25, 0.3) is 0 Å². The van der Waals surface area contributed by atoms with Crippen LogP contribution in [-0.2, 0) is 6.42 Å². The van der Waals surface area contributed by atoms with Gasteiger partial charge in [-0.15, -0.1) is 0 Å². The molecule has 36 heavy (non-hydrogen) atoms. The van der Waals surface area contributed by atoms with Gasteiger partial charge >= 0.3 is 0 Å². The Morgan fingerprint density at radius 3 is 1.94 bits per heavy atom. The minimum absolute atomic E-state index is 0.0169. The van der Waals surface area contributed by atoms with Gasteiger partial charge in [-0.3, -0.25) is 0 Å². The van der Waals surface area contributed by atoms with Crippen molar-refractivity contribution in [2.45, 2.75) is 103 Å². The molecule has 0 amide bonds. The van der Waals surface area contributed by atoms with Crippen LogP contribution in [0.3, 0.4) is 0 Å². The molecule has 0 aromatic heterocycles. The predicted octanol–water partition coefficient (Wildman–Crippen LogP) is 9.62. The summed E-state index contributed by atoms with van der Waals surface area (Å²) < 4.78 is 64.4. The van der Waals surface area contributed by atoms with E-state index in [2.05, 4.69) is 6.92 Å². The Kier molecular flexibility index (Phi) is 9.35. The van der Waals surface area contributed by atoms with Crippen LogP contribution < -0.4 is 4.74 Å². The van der Waals surface area contributed by atoms with Crippen molar-refractivity contribution in [3.63, 3.8) is 0 Å². The first-order valence-electron chi connectivity index (χ1n) is 14.0. The van der Waals surface area contributed by atoms with Crippen LogP contribution in [0.2, 0.25) is 0 Å².